The van der Waals surface area contributed by atoms with E-state index in [0.717, 1.165) is 9.47 Å². The standard InChI is InChI=1S/C18H16BrN3O3S/c1-3-25-18(24)15-10(2)20-11-6-4-5-7-12(11)21-16(15)22-17(23)13-8-9-14(19)26-13/h4-9,20H,3H2,1-2H3,(H,21,22,23). The summed E-state index contributed by atoms with van der Waals surface area (Å²) in [5.74, 6) is -0.724. The fraction of sp³-hybridized carbons (Fsp3) is 0.167. The number of benzene rings is 1. The van der Waals surface area contributed by atoms with Crippen LogP contribution in [0.1, 0.15) is 23.5 Å². The van der Waals surface area contributed by atoms with E-state index in [2.05, 4.69) is 31.6 Å². The highest BCUT2D eigenvalue weighted by Gasteiger charge is 2.26. The van der Waals surface area contributed by atoms with Crippen LogP contribution >= 0.6 is 27.3 Å². The van der Waals surface area contributed by atoms with Gasteiger partial charge >= 0.3 is 5.97 Å². The SMILES string of the molecule is CCOC(=O)C1=C(C)Nc2ccccc2N=C1NC(=O)c1ccc(Br)s1. The summed E-state index contributed by atoms with van der Waals surface area (Å²) in [7, 11) is 0. The number of para-hydroxylation sites is 2. The van der Waals surface area contributed by atoms with E-state index in [1.807, 2.05) is 18.2 Å². The molecule has 2 heterocycles. The number of nitrogens with zero attached hydrogens (tertiary/aromatic N) is 1. The minimum Gasteiger partial charge on any atom is -0.462 e. The number of hydrogen-bond donors (Lipinski definition) is 2. The van der Waals surface area contributed by atoms with Gasteiger partial charge in [-0.1, -0.05) is 12.1 Å². The zero-order valence-corrected chi connectivity index (χ0v) is 16.5. The number of allylic oxidation sites excluding steroid dienone is 1. The average molecular weight is 434 g/mol. The van der Waals surface area contributed by atoms with Gasteiger partial charge < -0.3 is 15.4 Å². The van der Waals surface area contributed by atoms with Crippen molar-refractivity contribution in [3.8, 4) is 0 Å². The van der Waals surface area contributed by atoms with Crippen LogP contribution in [0.3, 0.4) is 0 Å². The Balaban J connectivity index is 2.03. The molecule has 8 heteroatoms. The predicted molar refractivity (Wildman–Crippen MR) is 106 cm³/mol. The highest BCUT2D eigenvalue weighted by Crippen LogP contribution is 2.30. The molecule has 1 amide bonds. The van der Waals surface area contributed by atoms with Gasteiger partial charge in [-0.3, -0.25) is 4.79 Å². The number of anilines is 1. The topological polar surface area (TPSA) is 79.8 Å². The first-order chi connectivity index (χ1) is 12.5. The smallest absolute Gasteiger partial charge is 0.343 e. The maximum absolute atomic E-state index is 12.6. The lowest BCUT2D eigenvalue weighted by Gasteiger charge is -2.13. The maximum atomic E-state index is 12.6. The lowest BCUT2D eigenvalue weighted by molar-refractivity contribution is -0.137. The number of nitrogens with one attached hydrogen (secondary N) is 2. The maximum Gasteiger partial charge on any atom is 0.343 e. The zero-order chi connectivity index (χ0) is 18.7. The Hall–Kier alpha value is -2.45. The molecule has 0 unspecified atom stereocenters. The van der Waals surface area contributed by atoms with Gasteiger partial charge in [0.05, 0.1) is 26.6 Å². The summed E-state index contributed by atoms with van der Waals surface area (Å²) in [5.41, 5.74) is 2.12. The Morgan fingerprint density at radius 2 is 2.04 bits per heavy atom. The van der Waals surface area contributed by atoms with E-state index in [0.29, 0.717) is 16.3 Å². The Morgan fingerprint density at radius 1 is 1.27 bits per heavy atom. The van der Waals surface area contributed by atoms with Crippen molar-refractivity contribution in [3.05, 3.63) is 56.3 Å². The summed E-state index contributed by atoms with van der Waals surface area (Å²) in [6.45, 7) is 3.70. The number of amidine groups is 1. The van der Waals surface area contributed by atoms with Gasteiger partial charge in [0.1, 0.15) is 11.4 Å². The van der Waals surface area contributed by atoms with Crippen LogP contribution in [-0.2, 0) is 9.53 Å². The third-order valence-electron chi connectivity index (χ3n) is 3.58. The molecule has 0 radical (unpaired) electrons. The van der Waals surface area contributed by atoms with Gasteiger partial charge in [-0.2, -0.15) is 0 Å². The summed E-state index contributed by atoms with van der Waals surface area (Å²) >= 11 is 4.64. The van der Waals surface area contributed by atoms with Crippen LogP contribution in [0.5, 0.6) is 0 Å². The van der Waals surface area contributed by atoms with Crippen molar-refractivity contribution in [2.24, 2.45) is 4.99 Å². The van der Waals surface area contributed by atoms with Crippen molar-refractivity contribution in [1.82, 2.24) is 5.32 Å². The van der Waals surface area contributed by atoms with Crippen LogP contribution in [0.2, 0.25) is 0 Å². The van der Waals surface area contributed by atoms with E-state index in [9.17, 15) is 9.59 Å². The molecule has 0 fully saturated rings. The number of esters is 1. The second-order valence-electron chi connectivity index (χ2n) is 5.38. The molecule has 1 aromatic carbocycles. The van der Waals surface area contributed by atoms with Crippen molar-refractivity contribution in [2.75, 3.05) is 11.9 Å². The van der Waals surface area contributed by atoms with Gasteiger partial charge in [0.25, 0.3) is 5.91 Å². The number of rotatable bonds is 3. The quantitative estimate of drug-likeness (QED) is 0.709. The van der Waals surface area contributed by atoms with Gasteiger partial charge in [0, 0.05) is 5.70 Å². The minimum atomic E-state index is -0.545. The van der Waals surface area contributed by atoms with Crippen LogP contribution in [0.15, 0.2) is 56.4 Å². The number of ether oxygens (including phenoxy) is 1. The summed E-state index contributed by atoms with van der Waals surface area (Å²) < 4.78 is 6.00. The monoisotopic (exact) mass is 433 g/mol. The third kappa shape index (κ3) is 3.86. The van der Waals surface area contributed by atoms with Crippen LogP contribution in [0.4, 0.5) is 11.4 Å². The highest BCUT2D eigenvalue weighted by molar-refractivity contribution is 9.11. The van der Waals surface area contributed by atoms with Gasteiger partial charge in [0.2, 0.25) is 0 Å². The Labute approximate surface area is 163 Å². The number of halogens is 1. The molecule has 26 heavy (non-hydrogen) atoms. The number of thiophene rings is 1. The molecule has 0 saturated carbocycles. The molecule has 1 aliphatic heterocycles. The number of amides is 1. The number of carbonyl (C=O) groups excluding carboxylic acids is 2. The molecule has 2 N–H and O–H groups in total. The molecule has 2 aromatic rings. The molecule has 0 atom stereocenters. The molecule has 6 nitrogen and oxygen atoms in total. The minimum absolute atomic E-state index is 0.160. The lowest BCUT2D eigenvalue weighted by atomic mass is 10.2. The van der Waals surface area contributed by atoms with Crippen LogP contribution < -0.4 is 10.6 Å². The zero-order valence-electron chi connectivity index (χ0n) is 14.1. The van der Waals surface area contributed by atoms with Crippen LogP contribution in [0.25, 0.3) is 0 Å². The Bertz CT molecular complexity index is 933. The van der Waals surface area contributed by atoms with Gasteiger partial charge in [-0.25, -0.2) is 9.79 Å². The molecule has 0 bridgehead atoms. The molecule has 0 spiro atoms. The Kier molecular flexibility index (Phi) is 5.53. The van der Waals surface area contributed by atoms with E-state index in [-0.39, 0.29) is 23.9 Å². The molecular formula is C18H16BrN3O3S. The van der Waals surface area contributed by atoms with E-state index >= 15 is 0 Å². The average Bonchev–Trinajstić information content (AvgIpc) is 2.97. The second kappa shape index (κ2) is 7.84. The first kappa shape index (κ1) is 18.3. The Morgan fingerprint density at radius 3 is 2.73 bits per heavy atom. The number of fused-ring (bicyclic) bond motifs is 1. The second-order valence-corrected chi connectivity index (χ2v) is 7.84. The van der Waals surface area contributed by atoms with Gasteiger partial charge in [0.15, 0.2) is 0 Å². The molecule has 1 aliphatic rings. The molecule has 0 aliphatic carbocycles. The van der Waals surface area contributed by atoms with Crippen LogP contribution in [0, 0.1) is 0 Å². The normalized spacial score (nSPS) is 13.3. The van der Waals surface area contributed by atoms with Crippen molar-refractivity contribution in [3.63, 3.8) is 0 Å². The summed E-state index contributed by atoms with van der Waals surface area (Å²) in [5, 5.41) is 5.92. The summed E-state index contributed by atoms with van der Waals surface area (Å²) in [6, 6.07) is 10.9. The molecule has 0 saturated heterocycles. The van der Waals surface area contributed by atoms with E-state index < -0.39 is 5.97 Å². The van der Waals surface area contributed by atoms with E-state index in [1.165, 1.54) is 11.3 Å². The molecule has 3 rings (SSSR count). The first-order valence-electron chi connectivity index (χ1n) is 7.89. The molecule has 134 valence electrons. The lowest BCUT2D eigenvalue weighted by Crippen LogP contribution is -2.35. The molecule has 1 aromatic heterocycles. The van der Waals surface area contributed by atoms with E-state index in [1.54, 1.807) is 32.0 Å². The first-order valence-corrected chi connectivity index (χ1v) is 9.50. The number of hydrogen-bond acceptors (Lipinski definition) is 6. The van der Waals surface area contributed by atoms with Crippen LogP contribution in [-0.4, -0.2) is 24.3 Å². The highest BCUT2D eigenvalue weighted by atomic mass is 79.9. The van der Waals surface area contributed by atoms with Gasteiger partial charge in [-0.05, 0) is 54.0 Å². The van der Waals surface area contributed by atoms with Crippen molar-refractivity contribution >= 4 is 56.4 Å². The van der Waals surface area contributed by atoms with Crippen molar-refractivity contribution < 1.29 is 14.3 Å². The summed E-state index contributed by atoms with van der Waals surface area (Å²) in [4.78, 5) is 30.1. The third-order valence-corrected chi connectivity index (χ3v) is 5.20. The number of carbonyl (C=O) groups is 2. The van der Waals surface area contributed by atoms with Crippen molar-refractivity contribution in [1.29, 1.82) is 0 Å². The largest absolute Gasteiger partial charge is 0.462 e. The molecular weight excluding hydrogens is 418 g/mol. The number of aliphatic imine (C=N–C) groups is 1. The predicted octanol–water partition coefficient (Wildman–Crippen LogP) is 4.23. The fourth-order valence-electron chi connectivity index (χ4n) is 2.44. The fourth-order valence-corrected chi connectivity index (χ4v) is 3.73. The summed E-state index contributed by atoms with van der Waals surface area (Å²) in [6.07, 6.45) is 0. The van der Waals surface area contributed by atoms with Crippen molar-refractivity contribution in [2.45, 2.75) is 13.8 Å². The van der Waals surface area contributed by atoms with Gasteiger partial charge in [-0.15, -0.1) is 11.3 Å². The van der Waals surface area contributed by atoms with E-state index in [4.69, 9.17) is 4.74 Å².